The minimum atomic E-state index is -0.434. The zero-order chi connectivity index (χ0) is 41.9. The summed E-state index contributed by atoms with van der Waals surface area (Å²) in [5.74, 6) is 1.16. The van der Waals surface area contributed by atoms with Crippen molar-refractivity contribution in [1.82, 2.24) is 16.0 Å². The second-order valence-corrected chi connectivity index (χ2v) is 14.7. The maximum absolute atomic E-state index is 12.4. The van der Waals surface area contributed by atoms with E-state index in [-0.39, 0.29) is 42.3 Å². The molecule has 2 heterocycles. The highest BCUT2D eigenvalue weighted by atomic mass is 32.2. The number of imide groups is 2. The molecule has 0 saturated carbocycles. The number of hydrogen-bond donors (Lipinski definition) is 4. The molecule has 16 nitrogen and oxygen atoms in total. The molecule has 17 heteroatoms. The second kappa shape index (κ2) is 23.7. The normalized spacial score (nSPS) is 14.9. The van der Waals surface area contributed by atoms with Gasteiger partial charge in [0.25, 0.3) is 17.5 Å². The zero-order valence-corrected chi connectivity index (χ0v) is 33.8. The highest BCUT2D eigenvalue weighted by molar-refractivity contribution is 8.00. The van der Waals surface area contributed by atoms with Crippen molar-refractivity contribution < 1.29 is 43.4 Å². The first-order valence-electron chi connectivity index (χ1n) is 18.4. The number of carbonyl (C=O) groups is 4. The van der Waals surface area contributed by atoms with E-state index in [0.717, 1.165) is 4.90 Å². The molecule has 2 aliphatic rings. The van der Waals surface area contributed by atoms with Crippen molar-refractivity contribution in [2.24, 2.45) is 0 Å². The number of rotatable bonds is 18. The molecule has 0 spiro atoms. The number of aliphatic hydroxyl groups excluding tert-OH is 1. The predicted octanol–water partition coefficient (Wildman–Crippen LogP) is 4.76. The molecule has 1 saturated heterocycles. The van der Waals surface area contributed by atoms with Crippen LogP contribution in [0.3, 0.4) is 0 Å². The van der Waals surface area contributed by atoms with Crippen LogP contribution in [0, 0.1) is 10.1 Å². The van der Waals surface area contributed by atoms with Gasteiger partial charge in [0.2, 0.25) is 11.8 Å². The molecule has 3 aromatic carbocycles. The van der Waals surface area contributed by atoms with Gasteiger partial charge in [-0.15, -0.1) is 11.8 Å². The van der Waals surface area contributed by atoms with Crippen molar-refractivity contribution in [2.45, 2.75) is 71.3 Å². The van der Waals surface area contributed by atoms with Gasteiger partial charge in [-0.05, 0) is 77.9 Å². The SMILES string of the molecule is CC(C)NCOc1ccc([N+](=O)[O-])cc1.CC(C)NCOc1cccc(N2C(=O)C=CC2=O)c1.CC(C)NCOc1cccc(N2C(=O)CC(SCCO)C2=O)c1. The van der Waals surface area contributed by atoms with Crippen LogP contribution in [0.5, 0.6) is 17.2 Å². The summed E-state index contributed by atoms with van der Waals surface area (Å²) < 4.78 is 16.4. The second-order valence-electron chi connectivity index (χ2n) is 13.4. The highest BCUT2D eigenvalue weighted by Crippen LogP contribution is 2.31. The Hall–Kier alpha value is -5.33. The van der Waals surface area contributed by atoms with Crippen molar-refractivity contribution in [3.05, 3.63) is 95.1 Å². The van der Waals surface area contributed by atoms with Crippen molar-refractivity contribution in [1.29, 1.82) is 0 Å². The summed E-state index contributed by atoms with van der Waals surface area (Å²) in [6.45, 7) is 13.2. The number of amides is 4. The average Bonchev–Trinajstić information content (AvgIpc) is 3.65. The molecule has 57 heavy (non-hydrogen) atoms. The number of nitrogens with one attached hydrogen (secondary N) is 3. The van der Waals surface area contributed by atoms with Gasteiger partial charge < -0.3 is 19.3 Å². The van der Waals surface area contributed by atoms with Gasteiger partial charge in [0, 0.05) is 66.7 Å². The van der Waals surface area contributed by atoms with Crippen LogP contribution in [-0.2, 0) is 19.2 Å². The van der Waals surface area contributed by atoms with E-state index >= 15 is 0 Å². The maximum Gasteiger partial charge on any atom is 0.269 e. The lowest BCUT2D eigenvalue weighted by atomic mass is 10.2. The molecule has 5 rings (SSSR count). The van der Waals surface area contributed by atoms with E-state index < -0.39 is 10.2 Å². The number of hydrogen-bond acceptors (Lipinski definition) is 14. The minimum Gasteiger partial charge on any atom is -0.478 e. The maximum atomic E-state index is 12.4. The fourth-order valence-electron chi connectivity index (χ4n) is 4.82. The van der Waals surface area contributed by atoms with Crippen LogP contribution in [0.15, 0.2) is 84.9 Å². The van der Waals surface area contributed by atoms with Crippen molar-refractivity contribution in [3.63, 3.8) is 0 Å². The van der Waals surface area contributed by atoms with Gasteiger partial charge in [0.1, 0.15) is 37.4 Å². The Bertz CT molecular complexity index is 1800. The average molecular weight is 809 g/mol. The number of thioether (sulfide) groups is 1. The Kier molecular flexibility index (Phi) is 19.1. The van der Waals surface area contributed by atoms with Gasteiger partial charge in [0.15, 0.2) is 0 Å². The summed E-state index contributed by atoms with van der Waals surface area (Å²) in [4.78, 5) is 59.9. The molecule has 1 fully saturated rings. The van der Waals surface area contributed by atoms with Crippen LogP contribution in [0.2, 0.25) is 0 Å². The number of ether oxygens (including phenoxy) is 3. The summed E-state index contributed by atoms with van der Waals surface area (Å²) in [5, 5.41) is 28.1. The third-order valence-corrected chi connectivity index (χ3v) is 8.90. The lowest BCUT2D eigenvalue weighted by Crippen LogP contribution is -2.31. The van der Waals surface area contributed by atoms with Gasteiger partial charge >= 0.3 is 0 Å². The van der Waals surface area contributed by atoms with E-state index in [1.54, 1.807) is 60.7 Å². The third-order valence-electron chi connectivity index (χ3n) is 7.72. The fourth-order valence-corrected chi connectivity index (χ4v) is 5.72. The lowest BCUT2D eigenvalue weighted by molar-refractivity contribution is -0.384. The molecule has 3 aromatic rings. The summed E-state index contributed by atoms with van der Waals surface area (Å²) in [5.41, 5.74) is 1.11. The standard InChI is InChI=1S/C16H22N2O4S.C14H16N2O3.C10H14N2O3/c1-11(2)17-10-22-13-5-3-4-12(8-13)18-15(20)9-14(16(18)21)23-7-6-19;1-10(2)15-9-19-12-5-3-4-11(8-12)16-13(17)6-7-14(16)18;1-8(2)11-7-15-10-5-3-9(4-6-10)12(13)14/h3-5,8,11,14,17,19H,6-7,9-10H2,1-2H3;3-8,10,15H,9H2,1-2H3;3-6,8,11H,7H2,1-2H3. The van der Waals surface area contributed by atoms with E-state index in [0.29, 0.717) is 72.7 Å². The molecule has 1 atom stereocenters. The Labute approximate surface area is 337 Å². The van der Waals surface area contributed by atoms with Gasteiger partial charge in [-0.25, -0.2) is 9.80 Å². The summed E-state index contributed by atoms with van der Waals surface area (Å²) >= 11 is 1.31. The topological polar surface area (TPSA) is 202 Å². The number of non-ortho nitro benzene ring substituents is 1. The number of nitro groups is 1. The smallest absolute Gasteiger partial charge is 0.269 e. The van der Waals surface area contributed by atoms with Crippen LogP contribution >= 0.6 is 11.8 Å². The molecule has 2 aliphatic heterocycles. The van der Waals surface area contributed by atoms with E-state index in [4.69, 9.17) is 19.3 Å². The van der Waals surface area contributed by atoms with Crippen LogP contribution in [0.4, 0.5) is 17.1 Å². The predicted molar refractivity (Wildman–Crippen MR) is 219 cm³/mol. The molecule has 4 amide bonds. The lowest BCUT2D eigenvalue weighted by Gasteiger charge is -2.16. The molecular formula is C40H52N6O10S. The highest BCUT2D eigenvalue weighted by Gasteiger charge is 2.39. The summed E-state index contributed by atoms with van der Waals surface area (Å²) in [6.07, 6.45) is 2.69. The van der Waals surface area contributed by atoms with Gasteiger partial charge in [-0.2, -0.15) is 0 Å². The third kappa shape index (κ3) is 15.6. The van der Waals surface area contributed by atoms with Crippen LogP contribution in [-0.4, -0.2) is 89.6 Å². The van der Waals surface area contributed by atoms with E-state index in [1.165, 1.54) is 40.9 Å². The van der Waals surface area contributed by atoms with E-state index in [2.05, 4.69) is 16.0 Å². The van der Waals surface area contributed by atoms with E-state index in [9.17, 15) is 29.3 Å². The summed E-state index contributed by atoms with van der Waals surface area (Å²) in [6, 6.07) is 20.9. The Morgan fingerprint density at radius 3 is 1.61 bits per heavy atom. The van der Waals surface area contributed by atoms with Gasteiger partial charge in [0.05, 0.1) is 28.2 Å². The Morgan fingerprint density at radius 2 is 1.18 bits per heavy atom. The van der Waals surface area contributed by atoms with Gasteiger partial charge in [-0.3, -0.25) is 45.2 Å². The van der Waals surface area contributed by atoms with Crippen molar-refractivity contribution in [3.8, 4) is 17.2 Å². The quantitative estimate of drug-likeness (QED) is 0.0593. The molecule has 1 unspecified atom stereocenters. The first kappa shape index (κ1) is 46.1. The minimum absolute atomic E-state index is 0.00515. The molecule has 0 aliphatic carbocycles. The van der Waals surface area contributed by atoms with Crippen LogP contribution in [0.25, 0.3) is 0 Å². The number of carbonyl (C=O) groups excluding carboxylic acids is 4. The molecule has 0 aromatic heterocycles. The summed E-state index contributed by atoms with van der Waals surface area (Å²) in [7, 11) is 0. The molecular weight excluding hydrogens is 757 g/mol. The van der Waals surface area contributed by atoms with E-state index in [1.807, 2.05) is 41.5 Å². The van der Waals surface area contributed by atoms with Crippen LogP contribution in [0.1, 0.15) is 48.0 Å². The Balaban J connectivity index is 0.000000234. The monoisotopic (exact) mass is 808 g/mol. The molecule has 4 N–H and O–H groups in total. The number of benzene rings is 3. The van der Waals surface area contributed by atoms with Crippen molar-refractivity contribution >= 4 is 52.5 Å². The number of nitro benzene ring substituents is 1. The van der Waals surface area contributed by atoms with Crippen LogP contribution < -0.4 is 40.0 Å². The largest absolute Gasteiger partial charge is 0.478 e. The molecule has 308 valence electrons. The zero-order valence-electron chi connectivity index (χ0n) is 33.0. The van der Waals surface area contributed by atoms with Crippen molar-refractivity contribution in [2.75, 3.05) is 42.4 Å². The first-order chi connectivity index (χ1) is 27.2. The Morgan fingerprint density at radius 1 is 0.719 bits per heavy atom. The molecule has 0 bridgehead atoms. The van der Waals surface area contributed by atoms with Gasteiger partial charge in [-0.1, -0.05) is 12.1 Å². The number of nitrogens with zero attached hydrogens (tertiary/aromatic N) is 3. The first-order valence-corrected chi connectivity index (χ1v) is 19.4. The number of anilines is 2. The number of aliphatic hydroxyl groups is 1. The molecule has 0 radical (unpaired) electrons. The fraction of sp³-hybridized carbons (Fsp3) is 0.400.